The van der Waals surface area contributed by atoms with Crippen LogP contribution in [0.4, 0.5) is 5.69 Å². The van der Waals surface area contributed by atoms with Gasteiger partial charge < -0.3 is 10.6 Å². The van der Waals surface area contributed by atoms with E-state index in [9.17, 15) is 9.59 Å². The Labute approximate surface area is 138 Å². The zero-order valence-electron chi connectivity index (χ0n) is 14.1. The molecule has 4 nitrogen and oxygen atoms in total. The lowest BCUT2D eigenvalue weighted by Crippen LogP contribution is -2.46. The van der Waals surface area contributed by atoms with E-state index in [0.29, 0.717) is 5.56 Å². The topological polar surface area (TPSA) is 63.4 Å². The van der Waals surface area contributed by atoms with Crippen molar-refractivity contribution in [1.29, 1.82) is 0 Å². The summed E-state index contributed by atoms with van der Waals surface area (Å²) in [6.45, 7) is 5.15. The summed E-state index contributed by atoms with van der Waals surface area (Å²) in [5.74, 6) is -0.120. The molecule has 2 aliphatic rings. The summed E-state index contributed by atoms with van der Waals surface area (Å²) in [5, 5.41) is 0. The van der Waals surface area contributed by atoms with Crippen LogP contribution in [0.25, 0.3) is 0 Å². The Morgan fingerprint density at radius 3 is 2.70 bits per heavy atom. The molecule has 1 fully saturated rings. The molecule has 124 valence electrons. The van der Waals surface area contributed by atoms with Crippen LogP contribution in [0.1, 0.15) is 61.9 Å². The van der Waals surface area contributed by atoms with Crippen molar-refractivity contribution in [3.63, 3.8) is 0 Å². The molecule has 2 amide bonds. The lowest BCUT2D eigenvalue weighted by atomic mass is 9.68. The Balaban J connectivity index is 1.95. The molecule has 0 aromatic heterocycles. The second-order valence-corrected chi connectivity index (χ2v) is 7.55. The predicted octanol–water partition coefficient (Wildman–Crippen LogP) is 3.28. The molecule has 1 aromatic carbocycles. The van der Waals surface area contributed by atoms with E-state index < -0.39 is 5.91 Å². The van der Waals surface area contributed by atoms with Gasteiger partial charge in [0.05, 0.1) is 0 Å². The van der Waals surface area contributed by atoms with Crippen molar-refractivity contribution in [3.05, 3.63) is 29.3 Å². The summed E-state index contributed by atoms with van der Waals surface area (Å²) >= 11 is 0. The molecule has 0 bridgehead atoms. The quantitative estimate of drug-likeness (QED) is 0.910. The van der Waals surface area contributed by atoms with Gasteiger partial charge in [-0.15, -0.1) is 0 Å². The summed E-state index contributed by atoms with van der Waals surface area (Å²) in [6, 6.07) is 5.55. The van der Waals surface area contributed by atoms with Gasteiger partial charge in [-0.05, 0) is 48.8 Å². The van der Waals surface area contributed by atoms with Gasteiger partial charge in [-0.25, -0.2) is 0 Å². The molecule has 0 saturated heterocycles. The summed E-state index contributed by atoms with van der Waals surface area (Å²) in [5.41, 5.74) is 7.94. The Kier molecular flexibility index (Phi) is 4.17. The first-order chi connectivity index (χ1) is 10.9. The number of fused-ring (bicyclic) bond motifs is 1. The molecule has 1 aliphatic heterocycles. The first-order valence-electron chi connectivity index (χ1n) is 8.65. The zero-order valence-corrected chi connectivity index (χ0v) is 14.1. The van der Waals surface area contributed by atoms with Crippen molar-refractivity contribution in [2.75, 3.05) is 11.4 Å². The minimum absolute atomic E-state index is 0.0498. The van der Waals surface area contributed by atoms with E-state index in [0.717, 1.165) is 49.9 Å². The molecule has 2 N–H and O–H groups in total. The van der Waals surface area contributed by atoms with Crippen LogP contribution < -0.4 is 10.6 Å². The number of nitrogens with zero attached hydrogens (tertiary/aromatic N) is 1. The summed E-state index contributed by atoms with van der Waals surface area (Å²) in [6.07, 6.45) is 6.10. The molecule has 1 unspecified atom stereocenters. The van der Waals surface area contributed by atoms with Crippen LogP contribution in [-0.4, -0.2) is 18.4 Å². The number of carbonyl (C=O) groups excluding carboxylic acids is 2. The number of primary amides is 1. The van der Waals surface area contributed by atoms with E-state index in [1.54, 1.807) is 6.07 Å². The van der Waals surface area contributed by atoms with Gasteiger partial charge in [0.2, 0.25) is 11.8 Å². The highest BCUT2D eigenvalue weighted by atomic mass is 16.2. The SMILES string of the molecule is CC1(C)CCCCC1C(=O)N1CCCc2c(C(N)=O)cccc21. The van der Waals surface area contributed by atoms with Crippen LogP contribution in [0.2, 0.25) is 0 Å². The van der Waals surface area contributed by atoms with Crippen molar-refractivity contribution in [2.24, 2.45) is 17.1 Å². The standard InChI is InChI=1S/C19H26N2O2/c1-19(2)11-4-3-9-15(19)18(23)21-12-6-8-13-14(17(20)22)7-5-10-16(13)21/h5,7,10,15H,3-4,6,8-9,11-12H2,1-2H3,(H2,20,22). The fourth-order valence-corrected chi connectivity index (χ4v) is 4.22. The Morgan fingerprint density at radius 2 is 2.00 bits per heavy atom. The molecular weight excluding hydrogens is 288 g/mol. The average Bonchev–Trinajstić information content (AvgIpc) is 2.52. The van der Waals surface area contributed by atoms with E-state index in [2.05, 4.69) is 13.8 Å². The summed E-state index contributed by atoms with van der Waals surface area (Å²) in [4.78, 5) is 26.8. The Hall–Kier alpha value is -1.84. The van der Waals surface area contributed by atoms with Crippen molar-refractivity contribution in [2.45, 2.75) is 52.4 Å². The van der Waals surface area contributed by atoms with Crippen molar-refractivity contribution in [1.82, 2.24) is 0 Å². The molecule has 1 aromatic rings. The van der Waals surface area contributed by atoms with Gasteiger partial charge in [0.25, 0.3) is 0 Å². The molecule has 4 heteroatoms. The highest BCUT2D eigenvalue weighted by molar-refractivity contribution is 6.01. The predicted molar refractivity (Wildman–Crippen MR) is 91.4 cm³/mol. The third-order valence-electron chi connectivity index (χ3n) is 5.59. The Morgan fingerprint density at radius 1 is 1.22 bits per heavy atom. The number of hydrogen-bond donors (Lipinski definition) is 1. The largest absolute Gasteiger partial charge is 0.366 e. The van der Waals surface area contributed by atoms with Crippen LogP contribution in [0, 0.1) is 11.3 Å². The molecule has 0 radical (unpaired) electrons. The molecule has 1 saturated carbocycles. The molecule has 3 rings (SSSR count). The third-order valence-corrected chi connectivity index (χ3v) is 5.59. The number of carbonyl (C=O) groups is 2. The van der Waals surface area contributed by atoms with Gasteiger partial charge in [-0.3, -0.25) is 9.59 Å². The van der Waals surface area contributed by atoms with E-state index in [1.807, 2.05) is 17.0 Å². The smallest absolute Gasteiger partial charge is 0.249 e. The van der Waals surface area contributed by atoms with E-state index >= 15 is 0 Å². The van der Waals surface area contributed by atoms with Gasteiger partial charge >= 0.3 is 0 Å². The van der Waals surface area contributed by atoms with Crippen molar-refractivity contribution < 1.29 is 9.59 Å². The minimum Gasteiger partial charge on any atom is -0.366 e. The second kappa shape index (κ2) is 5.99. The molecular formula is C19H26N2O2. The van der Waals surface area contributed by atoms with Gasteiger partial charge in [-0.2, -0.15) is 0 Å². The fourth-order valence-electron chi connectivity index (χ4n) is 4.22. The van der Waals surface area contributed by atoms with Crippen LogP contribution >= 0.6 is 0 Å². The van der Waals surface area contributed by atoms with Crippen LogP contribution in [0.15, 0.2) is 18.2 Å². The van der Waals surface area contributed by atoms with Gasteiger partial charge in [0.1, 0.15) is 0 Å². The van der Waals surface area contributed by atoms with Crippen LogP contribution in [-0.2, 0) is 11.2 Å². The monoisotopic (exact) mass is 314 g/mol. The maximum atomic E-state index is 13.2. The molecule has 1 heterocycles. The zero-order chi connectivity index (χ0) is 16.6. The maximum absolute atomic E-state index is 13.2. The number of anilines is 1. The normalized spacial score (nSPS) is 23.2. The highest BCUT2D eigenvalue weighted by Gasteiger charge is 2.40. The van der Waals surface area contributed by atoms with E-state index in [4.69, 9.17) is 5.73 Å². The minimum atomic E-state index is -0.408. The van der Waals surface area contributed by atoms with Gasteiger partial charge in [0.15, 0.2) is 0 Å². The first-order valence-corrected chi connectivity index (χ1v) is 8.65. The van der Waals surface area contributed by atoms with Crippen molar-refractivity contribution in [3.8, 4) is 0 Å². The first kappa shape index (κ1) is 16.0. The average molecular weight is 314 g/mol. The lowest BCUT2D eigenvalue weighted by molar-refractivity contribution is -0.127. The van der Waals surface area contributed by atoms with Crippen LogP contribution in [0.3, 0.4) is 0 Å². The van der Waals surface area contributed by atoms with Crippen LogP contribution in [0.5, 0.6) is 0 Å². The maximum Gasteiger partial charge on any atom is 0.249 e. The van der Waals surface area contributed by atoms with E-state index in [-0.39, 0.29) is 17.2 Å². The Bertz CT molecular complexity index is 636. The van der Waals surface area contributed by atoms with Gasteiger partial charge in [0, 0.05) is 23.7 Å². The third kappa shape index (κ3) is 2.87. The molecule has 0 spiro atoms. The molecule has 23 heavy (non-hydrogen) atoms. The van der Waals surface area contributed by atoms with Crippen molar-refractivity contribution >= 4 is 17.5 Å². The van der Waals surface area contributed by atoms with Gasteiger partial charge in [-0.1, -0.05) is 32.8 Å². The summed E-state index contributed by atoms with van der Waals surface area (Å²) < 4.78 is 0. The second-order valence-electron chi connectivity index (χ2n) is 7.55. The molecule has 1 aliphatic carbocycles. The molecule has 1 atom stereocenters. The number of nitrogens with two attached hydrogens (primary N) is 1. The fraction of sp³-hybridized carbons (Fsp3) is 0.579. The number of amides is 2. The summed E-state index contributed by atoms with van der Waals surface area (Å²) in [7, 11) is 0. The van der Waals surface area contributed by atoms with E-state index in [1.165, 1.54) is 6.42 Å². The number of rotatable bonds is 2. The lowest BCUT2D eigenvalue weighted by Gasteiger charge is -2.41. The number of hydrogen-bond acceptors (Lipinski definition) is 2. The highest BCUT2D eigenvalue weighted by Crippen LogP contribution is 2.43. The number of benzene rings is 1.